The number of carboxylic acid groups (broad SMARTS) is 1. The van der Waals surface area contributed by atoms with Crippen LogP contribution in [0.1, 0.15) is 30.0 Å². The number of carboxylic acids is 1. The molecule has 3 aromatic rings. The molecular weight excluding hydrogens is 428 g/mol. The minimum Gasteiger partial charge on any atom is -0.489 e. The molecule has 2 aromatic carbocycles. The number of carbonyl (C=O) groups is 1. The maximum Gasteiger partial charge on any atom is 0.325 e. The van der Waals surface area contributed by atoms with Crippen LogP contribution in [0, 0.1) is 0 Å². The van der Waals surface area contributed by atoms with E-state index < -0.39 is 12.0 Å². The first-order valence-electron chi connectivity index (χ1n) is 12.4. The third kappa shape index (κ3) is 5.27. The highest BCUT2D eigenvalue weighted by Crippen LogP contribution is 2.32. The molecule has 0 amide bonds. The van der Waals surface area contributed by atoms with Crippen LogP contribution in [0.2, 0.25) is 0 Å². The zero-order valence-corrected chi connectivity index (χ0v) is 19.7. The van der Waals surface area contributed by atoms with E-state index in [1.807, 2.05) is 54.7 Å². The van der Waals surface area contributed by atoms with Gasteiger partial charge in [-0.25, -0.2) is 0 Å². The van der Waals surface area contributed by atoms with Crippen LogP contribution in [0.3, 0.4) is 0 Å². The molecule has 180 valence electrons. The lowest BCUT2D eigenvalue weighted by Gasteiger charge is -2.38. The van der Waals surface area contributed by atoms with Gasteiger partial charge in [0.1, 0.15) is 18.4 Å². The predicted molar refractivity (Wildman–Crippen MR) is 133 cm³/mol. The Labute approximate surface area is 200 Å². The minimum atomic E-state index is -0.804. The van der Waals surface area contributed by atoms with Crippen LogP contribution in [0.15, 0.2) is 54.7 Å². The average Bonchev–Trinajstić information content (AvgIpc) is 3.53. The van der Waals surface area contributed by atoms with Gasteiger partial charge in [-0.05, 0) is 49.7 Å². The van der Waals surface area contributed by atoms with E-state index in [4.69, 9.17) is 4.74 Å². The second-order valence-corrected chi connectivity index (χ2v) is 9.39. The fourth-order valence-corrected chi connectivity index (χ4v) is 5.20. The fourth-order valence-electron chi connectivity index (χ4n) is 5.20. The van der Waals surface area contributed by atoms with Gasteiger partial charge in [0.05, 0.1) is 0 Å². The minimum absolute atomic E-state index is 0.480. The number of aliphatic carboxylic acids is 1. The van der Waals surface area contributed by atoms with E-state index in [0.29, 0.717) is 6.61 Å². The molecule has 5 rings (SSSR count). The Morgan fingerprint density at radius 1 is 0.941 bits per heavy atom. The van der Waals surface area contributed by atoms with Crippen LogP contribution in [-0.2, 0) is 11.4 Å². The highest BCUT2D eigenvalue weighted by atomic mass is 16.5. The number of hydrogen-bond acceptors (Lipinski definition) is 5. The number of aromatic nitrogens is 1. The number of rotatable bonds is 9. The fraction of sp³-hybridized carbons (Fsp3) is 0.444. The van der Waals surface area contributed by atoms with E-state index in [2.05, 4.69) is 19.7 Å². The summed E-state index contributed by atoms with van der Waals surface area (Å²) in [6.45, 7) is 8.45. The van der Waals surface area contributed by atoms with Crippen molar-refractivity contribution >= 4 is 16.9 Å². The van der Waals surface area contributed by atoms with Crippen LogP contribution in [0.4, 0.5) is 0 Å². The summed E-state index contributed by atoms with van der Waals surface area (Å²) in [7, 11) is 0. The Morgan fingerprint density at radius 2 is 1.65 bits per heavy atom. The van der Waals surface area contributed by atoms with E-state index in [1.165, 1.54) is 25.9 Å². The van der Waals surface area contributed by atoms with Crippen LogP contribution in [-0.4, -0.2) is 83.1 Å². The summed E-state index contributed by atoms with van der Waals surface area (Å²) >= 11 is 0. The number of piperazine rings is 1. The predicted octanol–water partition coefficient (Wildman–Crippen LogP) is 3.59. The number of benzene rings is 2. The van der Waals surface area contributed by atoms with Gasteiger partial charge in [0.2, 0.25) is 0 Å². The van der Waals surface area contributed by atoms with Gasteiger partial charge in [-0.3, -0.25) is 14.6 Å². The average molecular weight is 463 g/mol. The van der Waals surface area contributed by atoms with Gasteiger partial charge in [0, 0.05) is 61.9 Å². The van der Waals surface area contributed by atoms with Crippen molar-refractivity contribution < 1.29 is 14.6 Å². The lowest BCUT2D eigenvalue weighted by molar-refractivity contribution is -0.144. The Balaban J connectivity index is 1.26. The first kappa shape index (κ1) is 22.9. The van der Waals surface area contributed by atoms with Gasteiger partial charge in [0.25, 0.3) is 0 Å². The maximum atomic E-state index is 12.4. The molecule has 2 N–H and O–H groups in total. The number of hydrogen-bond donors (Lipinski definition) is 2. The monoisotopic (exact) mass is 462 g/mol. The Bertz CT molecular complexity index is 1090. The van der Waals surface area contributed by atoms with Crippen LogP contribution in [0.25, 0.3) is 10.9 Å². The van der Waals surface area contributed by atoms with Crippen molar-refractivity contribution in [1.29, 1.82) is 0 Å². The quantitative estimate of drug-likeness (QED) is 0.507. The molecule has 2 fully saturated rings. The molecule has 1 atom stereocenters. The Morgan fingerprint density at radius 3 is 2.35 bits per heavy atom. The first-order valence-corrected chi connectivity index (χ1v) is 12.4. The van der Waals surface area contributed by atoms with E-state index in [-0.39, 0.29) is 0 Å². The molecule has 7 heteroatoms. The van der Waals surface area contributed by atoms with E-state index in [1.54, 1.807) is 0 Å². The molecule has 0 unspecified atom stereocenters. The smallest absolute Gasteiger partial charge is 0.325 e. The number of nitrogens with one attached hydrogen (secondary N) is 1. The van der Waals surface area contributed by atoms with Gasteiger partial charge in [0.15, 0.2) is 0 Å². The number of fused-ring (bicyclic) bond motifs is 1. The summed E-state index contributed by atoms with van der Waals surface area (Å²) in [6.07, 6.45) is 4.49. The second-order valence-electron chi connectivity index (χ2n) is 9.39. The highest BCUT2D eigenvalue weighted by molar-refractivity contribution is 5.90. The lowest BCUT2D eigenvalue weighted by Crippen LogP contribution is -2.50. The number of H-pyrrole nitrogens is 1. The van der Waals surface area contributed by atoms with E-state index in [0.717, 1.165) is 67.0 Å². The third-order valence-corrected chi connectivity index (χ3v) is 7.17. The molecule has 3 heterocycles. The van der Waals surface area contributed by atoms with Gasteiger partial charge >= 0.3 is 5.97 Å². The van der Waals surface area contributed by atoms with Gasteiger partial charge in [-0.15, -0.1) is 0 Å². The Kier molecular flexibility index (Phi) is 7.13. The van der Waals surface area contributed by atoms with Crippen molar-refractivity contribution in [2.24, 2.45) is 0 Å². The molecule has 2 aliphatic heterocycles. The number of likely N-dealkylation sites (tertiary alicyclic amines) is 1. The molecule has 0 radical (unpaired) electrons. The summed E-state index contributed by atoms with van der Waals surface area (Å²) < 4.78 is 6.01. The normalized spacial score (nSPS) is 18.9. The molecule has 2 aliphatic rings. The summed E-state index contributed by atoms with van der Waals surface area (Å²) in [5, 5.41) is 11.1. The molecule has 0 bridgehead atoms. The van der Waals surface area contributed by atoms with Crippen LogP contribution in [0.5, 0.6) is 5.75 Å². The van der Waals surface area contributed by atoms with Gasteiger partial charge in [-0.2, -0.15) is 0 Å². The summed E-state index contributed by atoms with van der Waals surface area (Å²) in [4.78, 5) is 22.8. The largest absolute Gasteiger partial charge is 0.489 e. The van der Waals surface area contributed by atoms with Gasteiger partial charge < -0.3 is 19.7 Å². The first-order chi connectivity index (χ1) is 16.7. The molecule has 0 spiro atoms. The highest BCUT2D eigenvalue weighted by Gasteiger charge is 2.32. The maximum absolute atomic E-state index is 12.4. The molecule has 0 aliphatic carbocycles. The number of aromatic amines is 1. The summed E-state index contributed by atoms with van der Waals surface area (Å²) in [5.74, 6) is -0.0601. The molecule has 7 nitrogen and oxygen atoms in total. The molecule has 1 aromatic heterocycles. The molecule has 0 saturated carbocycles. The Hall–Kier alpha value is -2.87. The van der Waals surface area contributed by atoms with Crippen molar-refractivity contribution in [3.8, 4) is 5.75 Å². The zero-order valence-electron chi connectivity index (χ0n) is 19.7. The second kappa shape index (κ2) is 10.6. The lowest BCUT2D eigenvalue weighted by atomic mass is 10.0. The van der Waals surface area contributed by atoms with Crippen molar-refractivity contribution in [2.45, 2.75) is 25.5 Å². The molecule has 2 saturated heterocycles. The van der Waals surface area contributed by atoms with E-state index >= 15 is 0 Å². The summed E-state index contributed by atoms with van der Waals surface area (Å²) in [6, 6.07) is 15.2. The van der Waals surface area contributed by atoms with Crippen molar-refractivity contribution in [3.05, 3.63) is 65.9 Å². The van der Waals surface area contributed by atoms with Crippen LogP contribution >= 0.6 is 0 Å². The zero-order chi connectivity index (χ0) is 23.3. The summed E-state index contributed by atoms with van der Waals surface area (Å²) in [5.41, 5.74) is 2.83. The SMILES string of the molecule is O=C(O)[C@H](c1c[nH]c2ccc(OCc3ccccc3)cc12)N1CCN(CCN2CCCC2)CC1. The third-order valence-electron chi connectivity index (χ3n) is 7.17. The van der Waals surface area contributed by atoms with Gasteiger partial charge in [-0.1, -0.05) is 30.3 Å². The number of ether oxygens (including phenoxy) is 1. The number of nitrogens with zero attached hydrogens (tertiary/aromatic N) is 3. The molecular formula is C27H34N4O3. The topological polar surface area (TPSA) is 72.0 Å². The standard InChI is InChI=1S/C27H34N4O3/c32-27(33)26(31-16-14-30(15-17-31)13-12-29-10-4-5-11-29)24-19-28-25-9-8-22(18-23(24)25)34-20-21-6-2-1-3-7-21/h1-3,6-9,18-19,26,28H,4-5,10-17,20H2,(H,32,33)/t26-/m0/s1. The van der Waals surface area contributed by atoms with Crippen LogP contribution < -0.4 is 4.74 Å². The molecule has 34 heavy (non-hydrogen) atoms. The van der Waals surface area contributed by atoms with Crippen molar-refractivity contribution in [1.82, 2.24) is 19.7 Å². The van der Waals surface area contributed by atoms with E-state index in [9.17, 15) is 9.90 Å². The van der Waals surface area contributed by atoms with Crippen molar-refractivity contribution in [2.75, 3.05) is 52.4 Å². The van der Waals surface area contributed by atoms with Crippen molar-refractivity contribution in [3.63, 3.8) is 0 Å².